The average Bonchev–Trinajstić information content (AvgIpc) is 2.80. The van der Waals surface area contributed by atoms with E-state index in [0.29, 0.717) is 16.0 Å². The molecule has 0 radical (unpaired) electrons. The summed E-state index contributed by atoms with van der Waals surface area (Å²) in [6.07, 6.45) is 0. The van der Waals surface area contributed by atoms with Crippen molar-refractivity contribution >= 4 is 23.2 Å². The number of furan rings is 1. The van der Waals surface area contributed by atoms with Crippen LogP contribution in [0.4, 0.5) is 0 Å². The second-order valence-corrected chi connectivity index (χ2v) is 5.76. The zero-order valence-electron chi connectivity index (χ0n) is 11.0. The van der Waals surface area contributed by atoms with Crippen LogP contribution >= 0.6 is 23.2 Å². The van der Waals surface area contributed by atoms with Crippen LogP contribution in [0.2, 0.25) is 10.0 Å². The van der Waals surface area contributed by atoms with Crippen molar-refractivity contribution in [2.45, 2.75) is 20.4 Å². The Hall–Kier alpha value is -0.960. The van der Waals surface area contributed by atoms with Gasteiger partial charge in [-0.1, -0.05) is 37.0 Å². The molecule has 102 valence electrons. The van der Waals surface area contributed by atoms with Gasteiger partial charge in [-0.2, -0.15) is 0 Å². The average molecular weight is 298 g/mol. The Morgan fingerprint density at radius 3 is 2.68 bits per heavy atom. The first-order chi connectivity index (χ1) is 9.06. The summed E-state index contributed by atoms with van der Waals surface area (Å²) in [7, 11) is 0. The highest BCUT2D eigenvalue weighted by molar-refractivity contribution is 6.35. The molecule has 0 aliphatic heterocycles. The number of hydrogen-bond acceptors (Lipinski definition) is 2. The van der Waals surface area contributed by atoms with Crippen LogP contribution in [0.3, 0.4) is 0 Å². The molecule has 2 nitrogen and oxygen atoms in total. The quantitative estimate of drug-likeness (QED) is 0.840. The van der Waals surface area contributed by atoms with Crippen molar-refractivity contribution < 1.29 is 4.42 Å². The van der Waals surface area contributed by atoms with Crippen LogP contribution in [0.5, 0.6) is 0 Å². The summed E-state index contributed by atoms with van der Waals surface area (Å²) in [6, 6.07) is 9.23. The molecule has 2 aromatic rings. The van der Waals surface area contributed by atoms with Crippen molar-refractivity contribution in [1.29, 1.82) is 0 Å². The van der Waals surface area contributed by atoms with E-state index in [1.165, 1.54) is 0 Å². The third-order valence-electron chi connectivity index (χ3n) is 2.71. The van der Waals surface area contributed by atoms with Crippen molar-refractivity contribution in [3.8, 4) is 11.3 Å². The summed E-state index contributed by atoms with van der Waals surface area (Å²) in [6.45, 7) is 6.03. The van der Waals surface area contributed by atoms with Gasteiger partial charge in [0.25, 0.3) is 0 Å². The lowest BCUT2D eigenvalue weighted by atomic mass is 10.2. The minimum absolute atomic E-state index is 0.622. The third kappa shape index (κ3) is 4.00. The van der Waals surface area contributed by atoms with Crippen LogP contribution in [0.25, 0.3) is 11.3 Å². The van der Waals surface area contributed by atoms with Gasteiger partial charge in [-0.25, -0.2) is 0 Å². The predicted molar refractivity (Wildman–Crippen MR) is 80.7 cm³/mol. The molecule has 0 fully saturated rings. The minimum atomic E-state index is 0.622. The topological polar surface area (TPSA) is 25.2 Å². The van der Waals surface area contributed by atoms with Gasteiger partial charge in [-0.15, -0.1) is 0 Å². The van der Waals surface area contributed by atoms with Crippen LogP contribution in [0.1, 0.15) is 19.6 Å². The fourth-order valence-electron chi connectivity index (χ4n) is 1.79. The first-order valence-electron chi connectivity index (χ1n) is 6.31. The van der Waals surface area contributed by atoms with Crippen molar-refractivity contribution in [2.24, 2.45) is 5.92 Å². The van der Waals surface area contributed by atoms with Gasteiger partial charge in [-0.3, -0.25) is 0 Å². The van der Waals surface area contributed by atoms with Crippen LogP contribution in [-0.4, -0.2) is 6.54 Å². The summed E-state index contributed by atoms with van der Waals surface area (Å²) in [5, 5.41) is 4.63. The van der Waals surface area contributed by atoms with Crippen molar-refractivity contribution in [3.05, 3.63) is 46.1 Å². The molecule has 1 heterocycles. The second-order valence-electron chi connectivity index (χ2n) is 4.91. The molecule has 0 unspecified atom stereocenters. The van der Waals surface area contributed by atoms with Crippen LogP contribution < -0.4 is 5.32 Å². The maximum atomic E-state index is 6.15. The lowest BCUT2D eigenvalue weighted by Gasteiger charge is -2.05. The Kier molecular flexibility index (Phi) is 4.92. The SMILES string of the molecule is CC(C)CNCc1ccc(-c2cc(Cl)ccc2Cl)o1. The summed E-state index contributed by atoms with van der Waals surface area (Å²) in [5.41, 5.74) is 0.823. The van der Waals surface area contributed by atoms with Gasteiger partial charge < -0.3 is 9.73 Å². The van der Waals surface area contributed by atoms with Gasteiger partial charge in [0, 0.05) is 10.6 Å². The molecule has 0 spiro atoms. The van der Waals surface area contributed by atoms with E-state index in [0.717, 1.165) is 30.2 Å². The monoisotopic (exact) mass is 297 g/mol. The Bertz CT molecular complexity index is 549. The highest BCUT2D eigenvalue weighted by atomic mass is 35.5. The number of rotatable bonds is 5. The first-order valence-corrected chi connectivity index (χ1v) is 7.06. The smallest absolute Gasteiger partial charge is 0.135 e. The molecular weight excluding hydrogens is 281 g/mol. The Labute approximate surface area is 123 Å². The fraction of sp³-hybridized carbons (Fsp3) is 0.333. The predicted octanol–water partition coefficient (Wildman–Crippen LogP) is 5.00. The molecule has 0 saturated carbocycles. The zero-order chi connectivity index (χ0) is 13.8. The van der Waals surface area contributed by atoms with Crippen LogP contribution in [-0.2, 0) is 6.54 Å². The van der Waals surface area contributed by atoms with Gasteiger partial charge in [0.1, 0.15) is 11.5 Å². The first kappa shape index (κ1) is 14.4. The van der Waals surface area contributed by atoms with Gasteiger partial charge in [-0.05, 0) is 42.8 Å². The molecule has 4 heteroatoms. The van der Waals surface area contributed by atoms with E-state index in [1.807, 2.05) is 18.2 Å². The van der Waals surface area contributed by atoms with E-state index in [4.69, 9.17) is 27.6 Å². The molecule has 1 N–H and O–H groups in total. The molecule has 1 aromatic heterocycles. The Morgan fingerprint density at radius 2 is 1.95 bits per heavy atom. The molecule has 0 bridgehead atoms. The summed E-state index contributed by atoms with van der Waals surface area (Å²) >= 11 is 12.1. The Morgan fingerprint density at radius 1 is 1.16 bits per heavy atom. The highest BCUT2D eigenvalue weighted by Crippen LogP contribution is 2.31. The van der Waals surface area contributed by atoms with Crippen molar-refractivity contribution in [1.82, 2.24) is 5.32 Å². The Balaban J connectivity index is 2.10. The van der Waals surface area contributed by atoms with E-state index >= 15 is 0 Å². The standard InChI is InChI=1S/C15H17Cl2NO/c1-10(2)8-18-9-12-4-6-15(19-12)13-7-11(16)3-5-14(13)17/h3-7,10,18H,8-9H2,1-2H3. The van der Waals surface area contributed by atoms with Crippen molar-refractivity contribution in [3.63, 3.8) is 0 Å². The molecule has 2 rings (SSSR count). The number of nitrogens with one attached hydrogen (secondary N) is 1. The molecule has 0 aliphatic rings. The van der Waals surface area contributed by atoms with E-state index < -0.39 is 0 Å². The lowest BCUT2D eigenvalue weighted by Crippen LogP contribution is -2.18. The lowest BCUT2D eigenvalue weighted by molar-refractivity contribution is 0.472. The fourth-order valence-corrected chi connectivity index (χ4v) is 2.17. The molecule has 0 aliphatic carbocycles. The van der Waals surface area contributed by atoms with E-state index in [-0.39, 0.29) is 0 Å². The second kappa shape index (κ2) is 6.47. The highest BCUT2D eigenvalue weighted by Gasteiger charge is 2.09. The molecule has 0 saturated heterocycles. The molecule has 19 heavy (non-hydrogen) atoms. The molecule has 0 atom stereocenters. The van der Waals surface area contributed by atoms with E-state index in [1.54, 1.807) is 12.1 Å². The number of benzene rings is 1. The molecular formula is C15H17Cl2NO. The van der Waals surface area contributed by atoms with Crippen LogP contribution in [0.15, 0.2) is 34.7 Å². The summed E-state index contributed by atoms with van der Waals surface area (Å²) < 4.78 is 5.78. The van der Waals surface area contributed by atoms with Gasteiger partial charge in [0.15, 0.2) is 0 Å². The zero-order valence-corrected chi connectivity index (χ0v) is 12.6. The minimum Gasteiger partial charge on any atom is -0.460 e. The van der Waals surface area contributed by atoms with Gasteiger partial charge in [0.05, 0.1) is 11.6 Å². The third-order valence-corrected chi connectivity index (χ3v) is 3.27. The maximum absolute atomic E-state index is 6.15. The molecule has 0 amide bonds. The van der Waals surface area contributed by atoms with Gasteiger partial charge >= 0.3 is 0 Å². The largest absolute Gasteiger partial charge is 0.460 e. The number of halogens is 2. The summed E-state index contributed by atoms with van der Waals surface area (Å²) in [4.78, 5) is 0. The van der Waals surface area contributed by atoms with E-state index in [9.17, 15) is 0 Å². The normalized spacial score (nSPS) is 11.2. The maximum Gasteiger partial charge on any atom is 0.135 e. The number of hydrogen-bond donors (Lipinski definition) is 1. The molecule has 1 aromatic carbocycles. The van der Waals surface area contributed by atoms with Gasteiger partial charge in [0.2, 0.25) is 0 Å². The van der Waals surface area contributed by atoms with Crippen LogP contribution in [0, 0.1) is 5.92 Å². The van der Waals surface area contributed by atoms with E-state index in [2.05, 4.69) is 19.2 Å². The van der Waals surface area contributed by atoms with Crippen molar-refractivity contribution in [2.75, 3.05) is 6.54 Å². The summed E-state index contributed by atoms with van der Waals surface area (Å²) in [5.74, 6) is 2.26.